The second-order valence-corrected chi connectivity index (χ2v) is 9.37. The number of hydrogen-bond acceptors (Lipinski definition) is 7. The first-order chi connectivity index (χ1) is 11.4. The summed E-state index contributed by atoms with van der Waals surface area (Å²) in [7, 11) is -8.53. The molecule has 7 nitrogen and oxygen atoms in total. The molecule has 0 N–H and O–H groups in total. The van der Waals surface area contributed by atoms with Crippen molar-refractivity contribution in [1.29, 1.82) is 0 Å². The zero-order valence-electron chi connectivity index (χ0n) is 15.4. The van der Waals surface area contributed by atoms with Crippen molar-refractivity contribution in [2.24, 2.45) is 0 Å². The van der Waals surface area contributed by atoms with Gasteiger partial charge in [0.05, 0.1) is 26.4 Å². The number of hydrogen-bond donors (Lipinski definition) is 0. The van der Waals surface area contributed by atoms with Crippen LogP contribution in [0.3, 0.4) is 0 Å². The molecule has 0 aliphatic heterocycles. The molecule has 0 aromatic heterocycles. The first kappa shape index (κ1) is 24.2. The normalized spacial score (nSPS) is 12.0. The highest BCUT2D eigenvalue weighted by Gasteiger charge is 2.41. The van der Waals surface area contributed by atoms with E-state index in [1.165, 1.54) is 0 Å². The van der Waals surface area contributed by atoms with Crippen LogP contribution in [0.1, 0.15) is 27.7 Å². The molecule has 25 heavy (non-hydrogen) atoms. The SMILES string of the molecule is C=C(C)COP(=O)(OCC(=C)C)OP(=O)(OCC(=C)C)OCC(=C)C. The largest absolute Gasteiger partial charge is 0.484 e. The van der Waals surface area contributed by atoms with Crippen LogP contribution < -0.4 is 0 Å². The maximum atomic E-state index is 12.8. The minimum Gasteiger partial charge on any atom is -0.282 e. The summed E-state index contributed by atoms with van der Waals surface area (Å²) < 4.78 is 51.3. The van der Waals surface area contributed by atoms with Gasteiger partial charge in [-0.2, -0.15) is 4.31 Å². The van der Waals surface area contributed by atoms with Gasteiger partial charge >= 0.3 is 15.6 Å². The Morgan fingerprint density at radius 1 is 0.600 bits per heavy atom. The number of phosphoric ester groups is 2. The molecule has 0 rings (SSSR count). The van der Waals surface area contributed by atoms with Gasteiger partial charge in [-0.25, -0.2) is 9.13 Å². The second kappa shape index (κ2) is 11.0. The second-order valence-electron chi connectivity index (χ2n) is 5.90. The Kier molecular flexibility index (Phi) is 10.7. The highest BCUT2D eigenvalue weighted by Crippen LogP contribution is 2.66. The quantitative estimate of drug-likeness (QED) is 0.281. The Morgan fingerprint density at radius 3 is 0.960 bits per heavy atom. The number of rotatable bonds is 14. The summed E-state index contributed by atoms with van der Waals surface area (Å²) in [6, 6.07) is 0. The van der Waals surface area contributed by atoms with Gasteiger partial charge in [0.25, 0.3) is 0 Å². The molecule has 0 aliphatic carbocycles. The van der Waals surface area contributed by atoms with E-state index in [1.54, 1.807) is 27.7 Å². The average molecular weight is 394 g/mol. The molecule has 0 fully saturated rings. The van der Waals surface area contributed by atoms with Crippen LogP contribution in [-0.2, 0) is 31.5 Å². The van der Waals surface area contributed by atoms with Gasteiger partial charge in [-0.05, 0) is 27.7 Å². The lowest BCUT2D eigenvalue weighted by Gasteiger charge is -2.23. The third-order valence-corrected chi connectivity index (χ3v) is 5.46. The first-order valence-corrected chi connectivity index (χ1v) is 10.4. The summed E-state index contributed by atoms with van der Waals surface area (Å²) in [5, 5.41) is 0. The van der Waals surface area contributed by atoms with E-state index < -0.39 is 15.6 Å². The first-order valence-electron chi connectivity index (χ1n) is 7.44. The molecule has 0 saturated heterocycles. The maximum Gasteiger partial charge on any atom is 0.484 e. The Labute approximate surface area is 150 Å². The van der Waals surface area contributed by atoms with E-state index in [9.17, 15) is 9.13 Å². The third kappa shape index (κ3) is 12.2. The monoisotopic (exact) mass is 394 g/mol. The van der Waals surface area contributed by atoms with Crippen molar-refractivity contribution in [2.45, 2.75) is 27.7 Å². The predicted octanol–water partition coefficient (Wildman–Crippen LogP) is 5.59. The average Bonchev–Trinajstić information content (AvgIpc) is 2.48. The number of phosphoric acid groups is 2. The van der Waals surface area contributed by atoms with Crippen molar-refractivity contribution < 1.29 is 31.5 Å². The minimum absolute atomic E-state index is 0.117. The van der Waals surface area contributed by atoms with Crippen molar-refractivity contribution in [3.05, 3.63) is 48.6 Å². The van der Waals surface area contributed by atoms with Crippen molar-refractivity contribution in [1.82, 2.24) is 0 Å². The van der Waals surface area contributed by atoms with Gasteiger partial charge in [-0.1, -0.05) is 48.6 Å². The summed E-state index contributed by atoms with van der Waals surface area (Å²) in [5.41, 5.74) is 2.29. The van der Waals surface area contributed by atoms with Gasteiger partial charge in [0, 0.05) is 0 Å². The van der Waals surface area contributed by atoms with Crippen LogP contribution in [0.2, 0.25) is 0 Å². The van der Waals surface area contributed by atoms with Gasteiger partial charge in [-0.3, -0.25) is 18.1 Å². The van der Waals surface area contributed by atoms with Crippen molar-refractivity contribution in [3.63, 3.8) is 0 Å². The zero-order valence-corrected chi connectivity index (χ0v) is 17.2. The molecule has 9 heteroatoms. The highest BCUT2D eigenvalue weighted by molar-refractivity contribution is 7.62. The van der Waals surface area contributed by atoms with E-state index in [4.69, 9.17) is 22.4 Å². The molecule has 0 aromatic rings. The van der Waals surface area contributed by atoms with Gasteiger partial charge in [0.1, 0.15) is 0 Å². The molecule has 144 valence electrons. The highest BCUT2D eigenvalue weighted by atomic mass is 31.3. The van der Waals surface area contributed by atoms with Gasteiger partial charge < -0.3 is 0 Å². The Morgan fingerprint density at radius 2 is 0.800 bits per heavy atom. The van der Waals surface area contributed by atoms with Crippen molar-refractivity contribution >= 4 is 15.6 Å². The van der Waals surface area contributed by atoms with Gasteiger partial charge in [-0.15, -0.1) is 0 Å². The van der Waals surface area contributed by atoms with Crippen LogP contribution in [0.5, 0.6) is 0 Å². The summed E-state index contributed by atoms with van der Waals surface area (Å²) in [4.78, 5) is 0. The predicted molar refractivity (Wildman–Crippen MR) is 99.4 cm³/mol. The fourth-order valence-electron chi connectivity index (χ4n) is 1.05. The molecule has 0 aliphatic rings. The summed E-state index contributed by atoms with van der Waals surface area (Å²) in [5.74, 6) is 0. The van der Waals surface area contributed by atoms with E-state index in [-0.39, 0.29) is 26.4 Å². The lowest BCUT2D eigenvalue weighted by atomic mass is 10.4. The molecule has 0 radical (unpaired) electrons. The lowest BCUT2D eigenvalue weighted by Crippen LogP contribution is -2.07. The molecule has 0 amide bonds. The van der Waals surface area contributed by atoms with E-state index in [0.717, 1.165) is 0 Å². The van der Waals surface area contributed by atoms with Crippen LogP contribution in [0.4, 0.5) is 0 Å². The summed E-state index contributed by atoms with van der Waals surface area (Å²) in [6.07, 6.45) is 0. The van der Waals surface area contributed by atoms with Crippen LogP contribution in [0, 0.1) is 0 Å². The smallest absolute Gasteiger partial charge is 0.282 e. The Bertz CT molecular complexity index is 514. The molecule has 0 atom stereocenters. The Hall–Kier alpha value is -0.780. The van der Waals surface area contributed by atoms with Crippen LogP contribution >= 0.6 is 15.6 Å². The third-order valence-electron chi connectivity index (χ3n) is 2.08. The van der Waals surface area contributed by atoms with Crippen molar-refractivity contribution in [2.75, 3.05) is 26.4 Å². The fraction of sp³-hybridized carbons (Fsp3) is 0.500. The topological polar surface area (TPSA) is 80.3 Å². The van der Waals surface area contributed by atoms with E-state index in [2.05, 4.69) is 26.3 Å². The van der Waals surface area contributed by atoms with Crippen molar-refractivity contribution in [3.8, 4) is 0 Å². The van der Waals surface area contributed by atoms with Crippen LogP contribution in [0.15, 0.2) is 48.6 Å². The van der Waals surface area contributed by atoms with Gasteiger partial charge in [0.2, 0.25) is 0 Å². The minimum atomic E-state index is -4.26. The standard InChI is InChI=1S/C16H28O7P2/c1-13(2)9-19-24(17,20-10-14(3)4)23-25(18,21-11-15(5)6)22-12-16(7)8/h1,3,5,7,9-12H2,2,4,6,8H3. The van der Waals surface area contributed by atoms with Gasteiger partial charge in [0.15, 0.2) is 0 Å². The molecule has 0 saturated carbocycles. The van der Waals surface area contributed by atoms with E-state index in [0.29, 0.717) is 22.3 Å². The molecule has 0 spiro atoms. The Balaban J connectivity index is 5.37. The van der Waals surface area contributed by atoms with Crippen LogP contribution in [-0.4, -0.2) is 26.4 Å². The molecule has 0 heterocycles. The van der Waals surface area contributed by atoms with Crippen LogP contribution in [0.25, 0.3) is 0 Å². The maximum absolute atomic E-state index is 12.8. The molecular formula is C16H28O7P2. The van der Waals surface area contributed by atoms with E-state index >= 15 is 0 Å². The van der Waals surface area contributed by atoms with E-state index in [1.807, 2.05) is 0 Å². The molecule has 0 bridgehead atoms. The summed E-state index contributed by atoms with van der Waals surface area (Å²) >= 11 is 0. The zero-order chi connectivity index (χ0) is 19.7. The molecule has 0 unspecified atom stereocenters. The fourth-order valence-corrected chi connectivity index (χ4v) is 4.45. The summed E-state index contributed by atoms with van der Waals surface area (Å²) in [6.45, 7) is 20.7. The lowest BCUT2D eigenvalue weighted by molar-refractivity contribution is 0.126. The molecule has 0 aromatic carbocycles. The molecular weight excluding hydrogens is 366 g/mol.